The lowest BCUT2D eigenvalue weighted by molar-refractivity contribution is 0.709. The van der Waals surface area contributed by atoms with E-state index in [0.29, 0.717) is 13.1 Å². The van der Waals surface area contributed by atoms with Crippen molar-refractivity contribution in [3.8, 4) is 6.07 Å². The molecular formula is C6H8N4. The minimum Gasteiger partial charge on any atom is -0.326 e. The number of hydrogen-bond donors (Lipinski definition) is 1. The van der Waals surface area contributed by atoms with E-state index >= 15 is 0 Å². The molecule has 10 heavy (non-hydrogen) atoms. The largest absolute Gasteiger partial charge is 0.326 e. The third-order valence-corrected chi connectivity index (χ3v) is 1.16. The average Bonchev–Trinajstić information content (AvgIpc) is 2.37. The van der Waals surface area contributed by atoms with Crippen molar-refractivity contribution in [2.75, 3.05) is 0 Å². The highest BCUT2D eigenvalue weighted by atomic mass is 15.3. The molecule has 0 aromatic carbocycles. The van der Waals surface area contributed by atoms with Gasteiger partial charge in [-0.15, -0.1) is 0 Å². The molecule has 0 aliphatic heterocycles. The van der Waals surface area contributed by atoms with E-state index < -0.39 is 0 Å². The van der Waals surface area contributed by atoms with E-state index in [1.807, 2.05) is 6.07 Å². The lowest BCUT2D eigenvalue weighted by Gasteiger charge is -1.87. The zero-order valence-corrected chi connectivity index (χ0v) is 5.49. The van der Waals surface area contributed by atoms with Crippen LogP contribution >= 0.6 is 0 Å². The van der Waals surface area contributed by atoms with Crippen molar-refractivity contribution in [1.82, 2.24) is 9.78 Å². The van der Waals surface area contributed by atoms with Crippen LogP contribution in [0.25, 0.3) is 0 Å². The molecule has 2 N–H and O–H groups in total. The summed E-state index contributed by atoms with van der Waals surface area (Å²) in [6.45, 7) is 0.769. The quantitative estimate of drug-likeness (QED) is 0.615. The van der Waals surface area contributed by atoms with Gasteiger partial charge in [0.2, 0.25) is 0 Å². The molecule has 52 valence electrons. The Morgan fingerprint density at radius 1 is 1.80 bits per heavy atom. The summed E-state index contributed by atoms with van der Waals surface area (Å²) < 4.78 is 1.56. The van der Waals surface area contributed by atoms with Crippen LogP contribution in [0.2, 0.25) is 0 Å². The van der Waals surface area contributed by atoms with Gasteiger partial charge in [0.05, 0.1) is 12.3 Å². The van der Waals surface area contributed by atoms with Crippen LogP contribution in [0.3, 0.4) is 0 Å². The molecule has 1 rings (SSSR count). The molecule has 0 radical (unpaired) electrons. The van der Waals surface area contributed by atoms with Crippen LogP contribution in [0.4, 0.5) is 0 Å². The normalized spacial score (nSPS) is 9.20. The standard InChI is InChI=1S/C6H8N4/c7-1-2-10-5-6(3-8)4-9-10/h4-5H,2-3,8H2. The number of nitriles is 1. The van der Waals surface area contributed by atoms with E-state index in [4.69, 9.17) is 11.0 Å². The number of aromatic nitrogens is 2. The van der Waals surface area contributed by atoms with E-state index in [9.17, 15) is 0 Å². The molecule has 1 aromatic rings. The highest BCUT2D eigenvalue weighted by Crippen LogP contribution is 1.93. The van der Waals surface area contributed by atoms with Gasteiger partial charge in [0.25, 0.3) is 0 Å². The van der Waals surface area contributed by atoms with Gasteiger partial charge in [0.15, 0.2) is 0 Å². The lowest BCUT2D eigenvalue weighted by atomic mass is 10.4. The number of nitrogens with zero attached hydrogens (tertiary/aromatic N) is 3. The molecule has 0 bridgehead atoms. The predicted octanol–water partition coefficient (Wildman–Crippen LogP) is -0.135. The van der Waals surface area contributed by atoms with Gasteiger partial charge in [-0.05, 0) is 0 Å². The Kier molecular flexibility index (Phi) is 2.03. The Bertz CT molecular complexity index is 244. The third kappa shape index (κ3) is 1.33. The van der Waals surface area contributed by atoms with E-state index in [2.05, 4.69) is 5.10 Å². The van der Waals surface area contributed by atoms with Crippen molar-refractivity contribution in [2.24, 2.45) is 5.73 Å². The molecule has 0 saturated heterocycles. The Morgan fingerprint density at radius 3 is 3.10 bits per heavy atom. The van der Waals surface area contributed by atoms with Gasteiger partial charge in [-0.1, -0.05) is 0 Å². The van der Waals surface area contributed by atoms with Crippen LogP contribution in [-0.4, -0.2) is 9.78 Å². The summed E-state index contributed by atoms with van der Waals surface area (Å²) in [5.41, 5.74) is 6.28. The molecule has 0 aliphatic rings. The zero-order valence-electron chi connectivity index (χ0n) is 5.49. The van der Waals surface area contributed by atoms with Gasteiger partial charge >= 0.3 is 0 Å². The molecule has 1 aromatic heterocycles. The van der Waals surface area contributed by atoms with Gasteiger partial charge in [-0.2, -0.15) is 10.4 Å². The molecule has 4 nitrogen and oxygen atoms in total. The van der Waals surface area contributed by atoms with Gasteiger partial charge in [0.1, 0.15) is 6.54 Å². The van der Waals surface area contributed by atoms with E-state index in [1.165, 1.54) is 0 Å². The summed E-state index contributed by atoms with van der Waals surface area (Å²) >= 11 is 0. The molecule has 0 aliphatic carbocycles. The molecular weight excluding hydrogens is 128 g/mol. The molecule has 1 heterocycles. The van der Waals surface area contributed by atoms with Crippen LogP contribution in [0.1, 0.15) is 5.56 Å². The van der Waals surface area contributed by atoms with Gasteiger partial charge < -0.3 is 5.73 Å². The summed E-state index contributed by atoms with van der Waals surface area (Å²) in [4.78, 5) is 0. The fourth-order valence-corrected chi connectivity index (χ4v) is 0.671. The first-order valence-corrected chi connectivity index (χ1v) is 2.95. The SMILES string of the molecule is N#CCn1cc(CN)cn1. The van der Waals surface area contributed by atoms with Crippen LogP contribution in [-0.2, 0) is 13.1 Å². The van der Waals surface area contributed by atoms with Gasteiger partial charge in [0, 0.05) is 18.3 Å². The summed E-state index contributed by atoms with van der Waals surface area (Å²) in [6, 6.07) is 1.98. The maximum absolute atomic E-state index is 8.26. The van der Waals surface area contributed by atoms with Crippen molar-refractivity contribution >= 4 is 0 Å². The second kappa shape index (κ2) is 2.99. The Labute approximate surface area is 58.9 Å². The maximum atomic E-state index is 8.26. The Balaban J connectivity index is 2.70. The summed E-state index contributed by atoms with van der Waals surface area (Å²) in [5.74, 6) is 0. The second-order valence-corrected chi connectivity index (χ2v) is 1.91. The number of rotatable bonds is 2. The first-order valence-electron chi connectivity index (χ1n) is 2.95. The number of nitrogens with two attached hydrogens (primary N) is 1. The van der Waals surface area contributed by atoms with Crippen molar-refractivity contribution < 1.29 is 0 Å². The highest BCUT2D eigenvalue weighted by molar-refractivity contribution is 5.03. The first-order chi connectivity index (χ1) is 4.86. The van der Waals surface area contributed by atoms with Gasteiger partial charge in [-0.25, -0.2) is 0 Å². The Hall–Kier alpha value is -1.34. The Morgan fingerprint density at radius 2 is 2.60 bits per heavy atom. The minimum absolute atomic E-state index is 0.292. The monoisotopic (exact) mass is 136 g/mol. The van der Waals surface area contributed by atoms with E-state index in [-0.39, 0.29) is 0 Å². The molecule has 0 unspecified atom stereocenters. The lowest BCUT2D eigenvalue weighted by Crippen LogP contribution is -1.96. The summed E-state index contributed by atoms with van der Waals surface area (Å²) in [6.07, 6.45) is 3.43. The fourth-order valence-electron chi connectivity index (χ4n) is 0.671. The predicted molar refractivity (Wildman–Crippen MR) is 35.7 cm³/mol. The van der Waals surface area contributed by atoms with Crippen LogP contribution in [0.15, 0.2) is 12.4 Å². The average molecular weight is 136 g/mol. The van der Waals surface area contributed by atoms with Crippen molar-refractivity contribution in [3.05, 3.63) is 18.0 Å². The van der Waals surface area contributed by atoms with Crippen LogP contribution in [0.5, 0.6) is 0 Å². The van der Waals surface area contributed by atoms with Crippen molar-refractivity contribution in [1.29, 1.82) is 5.26 Å². The molecule has 0 spiro atoms. The zero-order chi connectivity index (χ0) is 7.40. The summed E-state index contributed by atoms with van der Waals surface area (Å²) in [5, 5.41) is 12.2. The second-order valence-electron chi connectivity index (χ2n) is 1.91. The first kappa shape index (κ1) is 6.78. The topological polar surface area (TPSA) is 67.6 Å². The van der Waals surface area contributed by atoms with Crippen molar-refractivity contribution in [2.45, 2.75) is 13.1 Å². The summed E-state index contributed by atoms with van der Waals surface area (Å²) in [7, 11) is 0. The highest BCUT2D eigenvalue weighted by Gasteiger charge is 1.93. The van der Waals surface area contributed by atoms with Crippen LogP contribution < -0.4 is 5.73 Å². The maximum Gasteiger partial charge on any atom is 0.128 e. The number of hydrogen-bond acceptors (Lipinski definition) is 3. The third-order valence-electron chi connectivity index (χ3n) is 1.16. The smallest absolute Gasteiger partial charge is 0.128 e. The molecule has 0 amide bonds. The van der Waals surface area contributed by atoms with Crippen LogP contribution in [0, 0.1) is 11.3 Å². The fraction of sp³-hybridized carbons (Fsp3) is 0.333. The molecule has 0 saturated carbocycles. The van der Waals surface area contributed by atoms with Crippen molar-refractivity contribution in [3.63, 3.8) is 0 Å². The molecule has 4 heteroatoms. The minimum atomic E-state index is 0.292. The molecule has 0 atom stereocenters. The molecule has 0 fully saturated rings. The van der Waals surface area contributed by atoms with E-state index in [1.54, 1.807) is 17.1 Å². The van der Waals surface area contributed by atoms with Gasteiger partial charge in [-0.3, -0.25) is 4.68 Å². The van der Waals surface area contributed by atoms with E-state index in [0.717, 1.165) is 5.56 Å².